The van der Waals surface area contributed by atoms with Crippen LogP contribution in [0.5, 0.6) is 0 Å². The van der Waals surface area contributed by atoms with Gasteiger partial charge in [0.2, 0.25) is 0 Å². The molecule has 0 fully saturated rings. The topological polar surface area (TPSA) is 0 Å². The van der Waals surface area contributed by atoms with E-state index in [0.29, 0.717) is 0 Å². The number of alkyl halides is 1. The van der Waals surface area contributed by atoms with Gasteiger partial charge in [-0.15, -0.1) is 0 Å². The van der Waals surface area contributed by atoms with Crippen LogP contribution in [0, 0.1) is 0 Å². The Morgan fingerprint density at radius 2 is 2.12 bits per heavy atom. The molecule has 0 aromatic heterocycles. The van der Waals surface area contributed by atoms with E-state index in [-0.39, 0.29) is 6.67 Å². The van der Waals surface area contributed by atoms with Crippen molar-refractivity contribution in [3.8, 4) is 0 Å². The van der Waals surface area contributed by atoms with E-state index in [4.69, 9.17) is 0 Å². The van der Waals surface area contributed by atoms with Crippen molar-refractivity contribution in [2.24, 2.45) is 0 Å². The number of rotatable bonds is 4. The van der Waals surface area contributed by atoms with E-state index in [9.17, 15) is 4.39 Å². The molecule has 0 aromatic rings. The number of hydrogen-bond acceptors (Lipinski definition) is 0. The molecule has 0 aromatic carbocycles. The molecule has 0 aliphatic heterocycles. The predicted molar refractivity (Wildman–Crippen MR) is 34.6 cm³/mol. The first-order valence-electron chi connectivity index (χ1n) is 3.12. The Hall–Kier alpha value is -0.330. The van der Waals surface area contributed by atoms with Gasteiger partial charge in [-0.2, -0.15) is 0 Å². The molecule has 0 saturated carbocycles. The highest BCUT2D eigenvalue weighted by atomic mass is 19.1. The van der Waals surface area contributed by atoms with Gasteiger partial charge in [0.1, 0.15) is 6.67 Å². The third-order valence-electron chi connectivity index (χ3n) is 0.980. The van der Waals surface area contributed by atoms with E-state index in [2.05, 4.69) is 6.92 Å². The lowest BCUT2D eigenvalue weighted by atomic mass is 10.2. The number of allylic oxidation sites excluding steroid dienone is 2. The summed E-state index contributed by atoms with van der Waals surface area (Å²) in [4.78, 5) is 0. The molecule has 1 heteroatoms. The standard InChI is InChI=1S/C7H13F/c1-2-3-4-5-6-7-8/h5-6H,2-4,7H2,1H3/b6-5+. The maximum Gasteiger partial charge on any atom is 0.108 e. The first-order chi connectivity index (χ1) is 3.91. The lowest BCUT2D eigenvalue weighted by Gasteiger charge is -1.84. The van der Waals surface area contributed by atoms with E-state index >= 15 is 0 Å². The van der Waals surface area contributed by atoms with Crippen LogP contribution in [0.15, 0.2) is 12.2 Å². The molecule has 0 nitrogen and oxygen atoms in total. The van der Waals surface area contributed by atoms with Gasteiger partial charge in [-0.25, -0.2) is 4.39 Å². The van der Waals surface area contributed by atoms with Crippen molar-refractivity contribution in [3.05, 3.63) is 12.2 Å². The van der Waals surface area contributed by atoms with Crippen LogP contribution in [0.1, 0.15) is 26.2 Å². The highest BCUT2D eigenvalue weighted by Crippen LogP contribution is 1.93. The first kappa shape index (κ1) is 7.67. The summed E-state index contributed by atoms with van der Waals surface area (Å²) in [5.41, 5.74) is 0. The van der Waals surface area contributed by atoms with Crippen molar-refractivity contribution >= 4 is 0 Å². The molecule has 0 atom stereocenters. The fourth-order valence-corrected chi connectivity index (χ4v) is 0.503. The van der Waals surface area contributed by atoms with Gasteiger partial charge in [-0.3, -0.25) is 0 Å². The number of halogens is 1. The second-order valence-corrected chi connectivity index (χ2v) is 1.77. The minimum Gasteiger partial charge on any atom is -0.247 e. The lowest BCUT2D eigenvalue weighted by Crippen LogP contribution is -1.67. The normalized spacial score (nSPS) is 10.8. The van der Waals surface area contributed by atoms with Crippen molar-refractivity contribution in [3.63, 3.8) is 0 Å². The van der Waals surface area contributed by atoms with Crippen LogP contribution in [-0.4, -0.2) is 6.67 Å². The van der Waals surface area contributed by atoms with Crippen LogP contribution in [0.4, 0.5) is 4.39 Å². The Kier molecular flexibility index (Phi) is 6.39. The van der Waals surface area contributed by atoms with Crippen LogP contribution < -0.4 is 0 Å². The minimum atomic E-state index is -0.316. The predicted octanol–water partition coefficient (Wildman–Crippen LogP) is 2.70. The third kappa shape index (κ3) is 5.67. The number of unbranched alkanes of at least 4 members (excludes halogenated alkanes) is 2. The highest BCUT2D eigenvalue weighted by molar-refractivity contribution is 4.80. The quantitative estimate of drug-likeness (QED) is 0.391. The summed E-state index contributed by atoms with van der Waals surface area (Å²) in [7, 11) is 0. The maximum absolute atomic E-state index is 11.3. The summed E-state index contributed by atoms with van der Waals surface area (Å²) in [5, 5.41) is 0. The smallest absolute Gasteiger partial charge is 0.108 e. The Bertz CT molecular complexity index is 57.4. The Balaban J connectivity index is 2.80. The molecule has 0 rings (SSSR count). The molecule has 0 aliphatic carbocycles. The van der Waals surface area contributed by atoms with Gasteiger partial charge >= 0.3 is 0 Å². The van der Waals surface area contributed by atoms with Crippen molar-refractivity contribution in [2.45, 2.75) is 26.2 Å². The second-order valence-electron chi connectivity index (χ2n) is 1.77. The van der Waals surface area contributed by atoms with E-state index in [1.54, 1.807) is 6.08 Å². The molecule has 0 N–H and O–H groups in total. The van der Waals surface area contributed by atoms with Crippen molar-refractivity contribution in [1.29, 1.82) is 0 Å². The van der Waals surface area contributed by atoms with Gasteiger partial charge in [0.15, 0.2) is 0 Å². The van der Waals surface area contributed by atoms with Gasteiger partial charge in [0.25, 0.3) is 0 Å². The van der Waals surface area contributed by atoms with E-state index < -0.39 is 0 Å². The molecular weight excluding hydrogens is 103 g/mol. The molecule has 0 aliphatic rings. The molecule has 8 heavy (non-hydrogen) atoms. The van der Waals surface area contributed by atoms with Crippen LogP contribution in [-0.2, 0) is 0 Å². The van der Waals surface area contributed by atoms with E-state index in [1.165, 1.54) is 12.8 Å². The van der Waals surface area contributed by atoms with Crippen molar-refractivity contribution < 1.29 is 4.39 Å². The Labute approximate surface area is 50.4 Å². The van der Waals surface area contributed by atoms with Crippen molar-refractivity contribution in [1.82, 2.24) is 0 Å². The molecule has 0 heterocycles. The molecule has 0 saturated heterocycles. The van der Waals surface area contributed by atoms with Gasteiger partial charge in [-0.1, -0.05) is 31.9 Å². The maximum atomic E-state index is 11.3. The zero-order valence-corrected chi connectivity index (χ0v) is 5.36. The van der Waals surface area contributed by atoms with Crippen LogP contribution in [0.3, 0.4) is 0 Å². The lowest BCUT2D eigenvalue weighted by molar-refractivity contribution is 0.560. The summed E-state index contributed by atoms with van der Waals surface area (Å²) in [6, 6.07) is 0. The molecule has 0 bridgehead atoms. The van der Waals surface area contributed by atoms with Crippen LogP contribution in [0.2, 0.25) is 0 Å². The third-order valence-corrected chi connectivity index (χ3v) is 0.980. The van der Waals surface area contributed by atoms with E-state index in [0.717, 1.165) is 6.42 Å². The highest BCUT2D eigenvalue weighted by Gasteiger charge is 1.75. The first-order valence-corrected chi connectivity index (χ1v) is 3.12. The van der Waals surface area contributed by atoms with Crippen molar-refractivity contribution in [2.75, 3.05) is 6.67 Å². The minimum absolute atomic E-state index is 0.316. The average molecular weight is 116 g/mol. The molecule has 0 unspecified atom stereocenters. The summed E-state index contributed by atoms with van der Waals surface area (Å²) >= 11 is 0. The second kappa shape index (κ2) is 6.67. The Morgan fingerprint density at radius 3 is 2.62 bits per heavy atom. The Morgan fingerprint density at radius 1 is 1.38 bits per heavy atom. The zero-order valence-electron chi connectivity index (χ0n) is 5.36. The summed E-state index contributed by atoms with van der Waals surface area (Å²) in [6.45, 7) is 1.81. The summed E-state index contributed by atoms with van der Waals surface area (Å²) in [6.07, 6.45) is 6.85. The fourth-order valence-electron chi connectivity index (χ4n) is 0.503. The van der Waals surface area contributed by atoms with Gasteiger partial charge in [0, 0.05) is 0 Å². The number of hydrogen-bond donors (Lipinski definition) is 0. The largest absolute Gasteiger partial charge is 0.247 e. The van der Waals surface area contributed by atoms with Crippen LogP contribution >= 0.6 is 0 Å². The molecule has 48 valence electrons. The van der Waals surface area contributed by atoms with Gasteiger partial charge in [-0.05, 0) is 6.42 Å². The molecule has 0 radical (unpaired) electrons. The molecule has 0 spiro atoms. The van der Waals surface area contributed by atoms with Gasteiger partial charge in [0.05, 0.1) is 0 Å². The summed E-state index contributed by atoms with van der Waals surface area (Å²) in [5.74, 6) is 0. The SMILES string of the molecule is CCCC/C=C/CF. The average Bonchev–Trinajstić information content (AvgIpc) is 1.81. The zero-order chi connectivity index (χ0) is 6.24. The molecule has 0 amide bonds. The fraction of sp³-hybridized carbons (Fsp3) is 0.714. The monoisotopic (exact) mass is 116 g/mol. The molecular formula is C7H13F. The summed E-state index contributed by atoms with van der Waals surface area (Å²) < 4.78 is 11.3. The van der Waals surface area contributed by atoms with E-state index in [1.807, 2.05) is 6.08 Å². The van der Waals surface area contributed by atoms with Gasteiger partial charge < -0.3 is 0 Å². The van der Waals surface area contributed by atoms with Crippen LogP contribution in [0.25, 0.3) is 0 Å².